The summed E-state index contributed by atoms with van der Waals surface area (Å²) in [7, 11) is 0. The molecule has 4 nitrogen and oxygen atoms in total. The third kappa shape index (κ3) is 4.98. The molecule has 1 N–H and O–H groups in total. The molecule has 0 unspecified atom stereocenters. The molecule has 1 saturated carbocycles. The van der Waals surface area contributed by atoms with Crippen molar-refractivity contribution < 1.29 is 9.59 Å². The first-order chi connectivity index (χ1) is 14.1. The van der Waals surface area contributed by atoms with Crippen molar-refractivity contribution in [2.45, 2.75) is 63.8 Å². The Morgan fingerprint density at radius 3 is 2.66 bits per heavy atom. The van der Waals surface area contributed by atoms with Gasteiger partial charge in [-0.2, -0.15) is 0 Å². The van der Waals surface area contributed by atoms with Crippen molar-refractivity contribution in [3.8, 4) is 0 Å². The van der Waals surface area contributed by atoms with Gasteiger partial charge in [0, 0.05) is 31.5 Å². The molecule has 4 heteroatoms. The molecular formula is C25H32N2O2. The Bertz CT molecular complexity index is 889. The van der Waals surface area contributed by atoms with E-state index in [1.807, 2.05) is 0 Å². The fourth-order valence-corrected chi connectivity index (χ4v) is 4.63. The predicted octanol–water partition coefficient (Wildman–Crippen LogP) is 4.46. The Morgan fingerprint density at radius 1 is 1.17 bits per heavy atom. The number of nitrogens with zero attached hydrogens (tertiary/aromatic N) is 1. The van der Waals surface area contributed by atoms with Gasteiger partial charge in [0.15, 0.2) is 0 Å². The maximum Gasteiger partial charge on any atom is 0.222 e. The van der Waals surface area contributed by atoms with Crippen molar-refractivity contribution in [3.05, 3.63) is 48.0 Å². The lowest BCUT2D eigenvalue weighted by molar-refractivity contribution is -0.132. The molecule has 2 aliphatic rings. The molecule has 0 aromatic heterocycles. The Kier molecular flexibility index (Phi) is 5.89. The largest absolute Gasteiger partial charge is 0.350 e. The van der Waals surface area contributed by atoms with Crippen LogP contribution >= 0.6 is 0 Å². The highest BCUT2D eigenvalue weighted by Crippen LogP contribution is 2.32. The second kappa shape index (κ2) is 8.56. The summed E-state index contributed by atoms with van der Waals surface area (Å²) in [5.41, 5.74) is 0.925. The summed E-state index contributed by atoms with van der Waals surface area (Å²) in [6, 6.07) is 14.9. The van der Waals surface area contributed by atoms with Crippen LogP contribution in [0.15, 0.2) is 42.5 Å². The average molecular weight is 393 g/mol. The first-order valence-electron chi connectivity index (χ1n) is 11.1. The Labute approximate surface area is 173 Å². The van der Waals surface area contributed by atoms with E-state index in [0.717, 1.165) is 38.8 Å². The minimum Gasteiger partial charge on any atom is -0.350 e. The summed E-state index contributed by atoms with van der Waals surface area (Å²) >= 11 is 0. The van der Waals surface area contributed by atoms with Gasteiger partial charge in [0.2, 0.25) is 11.8 Å². The quantitative estimate of drug-likeness (QED) is 0.685. The maximum absolute atomic E-state index is 12.9. The molecule has 1 aliphatic heterocycles. The minimum absolute atomic E-state index is 0.113. The first kappa shape index (κ1) is 19.9. The molecule has 0 spiro atoms. The molecule has 0 bridgehead atoms. The molecule has 2 aromatic carbocycles. The number of carbonyl (C=O) groups excluding carboxylic acids is 2. The molecule has 1 saturated heterocycles. The van der Waals surface area contributed by atoms with Crippen LogP contribution in [0.4, 0.5) is 0 Å². The molecule has 1 heterocycles. The highest BCUT2D eigenvalue weighted by molar-refractivity contribution is 5.83. The summed E-state index contributed by atoms with van der Waals surface area (Å²) in [4.78, 5) is 27.1. The summed E-state index contributed by atoms with van der Waals surface area (Å²) in [5, 5.41) is 5.68. The van der Waals surface area contributed by atoms with E-state index in [1.54, 1.807) is 0 Å². The summed E-state index contributed by atoms with van der Waals surface area (Å²) in [6.45, 7) is 3.89. The van der Waals surface area contributed by atoms with Crippen LogP contribution in [0.2, 0.25) is 0 Å². The van der Waals surface area contributed by atoms with Crippen molar-refractivity contribution >= 4 is 22.6 Å². The molecule has 2 aromatic rings. The van der Waals surface area contributed by atoms with Crippen LogP contribution in [0, 0.1) is 5.92 Å². The Hall–Kier alpha value is -2.36. The van der Waals surface area contributed by atoms with E-state index in [1.165, 1.54) is 29.2 Å². The van der Waals surface area contributed by atoms with Crippen LogP contribution < -0.4 is 5.32 Å². The zero-order chi connectivity index (χ0) is 20.3. The third-order valence-electron chi connectivity index (χ3n) is 6.43. The van der Waals surface area contributed by atoms with Crippen LogP contribution in [0.25, 0.3) is 10.8 Å². The number of rotatable bonds is 9. The molecule has 4 rings (SSSR count). The molecule has 2 amide bonds. The highest BCUT2D eigenvalue weighted by atomic mass is 16.2. The lowest BCUT2D eigenvalue weighted by Crippen LogP contribution is -2.45. The highest BCUT2D eigenvalue weighted by Gasteiger charge is 2.38. The lowest BCUT2D eigenvalue weighted by atomic mass is 9.84. The SMILES string of the molecule is CCCN(CC1CC1)C(=O)CC[C@@]1(Cc2ccc3ccccc3c2)CCC(=O)N1. The monoisotopic (exact) mass is 392 g/mol. The Morgan fingerprint density at radius 2 is 1.97 bits per heavy atom. The Balaban J connectivity index is 1.45. The average Bonchev–Trinajstić information content (AvgIpc) is 3.47. The topological polar surface area (TPSA) is 49.4 Å². The van der Waals surface area contributed by atoms with E-state index in [0.29, 0.717) is 18.8 Å². The van der Waals surface area contributed by atoms with E-state index < -0.39 is 0 Å². The van der Waals surface area contributed by atoms with Gasteiger partial charge in [-0.15, -0.1) is 0 Å². The van der Waals surface area contributed by atoms with E-state index in [9.17, 15) is 9.59 Å². The van der Waals surface area contributed by atoms with Gasteiger partial charge in [0.05, 0.1) is 0 Å². The second-order valence-corrected chi connectivity index (χ2v) is 8.97. The van der Waals surface area contributed by atoms with Gasteiger partial charge in [0.25, 0.3) is 0 Å². The fourth-order valence-electron chi connectivity index (χ4n) is 4.63. The van der Waals surface area contributed by atoms with Crippen molar-refractivity contribution in [1.29, 1.82) is 0 Å². The van der Waals surface area contributed by atoms with E-state index in [-0.39, 0.29) is 17.4 Å². The zero-order valence-electron chi connectivity index (χ0n) is 17.5. The van der Waals surface area contributed by atoms with Crippen LogP contribution in [0.5, 0.6) is 0 Å². The van der Waals surface area contributed by atoms with Crippen LogP contribution in [-0.4, -0.2) is 35.3 Å². The van der Waals surface area contributed by atoms with Gasteiger partial charge in [-0.1, -0.05) is 49.4 Å². The maximum atomic E-state index is 12.9. The predicted molar refractivity (Wildman–Crippen MR) is 117 cm³/mol. The van der Waals surface area contributed by atoms with Gasteiger partial charge in [-0.05, 0) is 60.8 Å². The normalized spacial score (nSPS) is 21.3. The summed E-state index contributed by atoms with van der Waals surface area (Å²) in [5.74, 6) is 1.07. The molecule has 1 atom stereocenters. The van der Waals surface area contributed by atoms with Crippen LogP contribution in [0.3, 0.4) is 0 Å². The number of hydrogen-bond acceptors (Lipinski definition) is 2. The number of hydrogen-bond donors (Lipinski definition) is 1. The van der Waals surface area contributed by atoms with Crippen molar-refractivity contribution in [2.75, 3.05) is 13.1 Å². The number of amides is 2. The standard InChI is InChI=1S/C25H32N2O2/c1-2-15-27(18-19-7-8-19)24(29)12-14-25(13-11-23(28)26-25)17-20-9-10-21-5-3-4-6-22(21)16-20/h3-6,9-10,16,19H,2,7-8,11-15,17-18H2,1H3,(H,26,28)/t25-/m1/s1. The van der Waals surface area contributed by atoms with Crippen molar-refractivity contribution in [3.63, 3.8) is 0 Å². The fraction of sp³-hybridized carbons (Fsp3) is 0.520. The van der Waals surface area contributed by atoms with Crippen molar-refractivity contribution in [2.24, 2.45) is 5.92 Å². The van der Waals surface area contributed by atoms with Crippen LogP contribution in [-0.2, 0) is 16.0 Å². The molecule has 2 fully saturated rings. The molecule has 1 aliphatic carbocycles. The second-order valence-electron chi connectivity index (χ2n) is 8.97. The number of benzene rings is 2. The van der Waals surface area contributed by atoms with Gasteiger partial charge in [-0.25, -0.2) is 0 Å². The third-order valence-corrected chi connectivity index (χ3v) is 6.43. The van der Waals surface area contributed by atoms with Gasteiger partial charge < -0.3 is 10.2 Å². The number of nitrogens with one attached hydrogen (secondary N) is 1. The van der Waals surface area contributed by atoms with Gasteiger partial charge >= 0.3 is 0 Å². The van der Waals surface area contributed by atoms with E-state index in [2.05, 4.69) is 59.6 Å². The first-order valence-corrected chi connectivity index (χ1v) is 11.1. The molecule has 29 heavy (non-hydrogen) atoms. The number of carbonyl (C=O) groups is 2. The van der Waals surface area contributed by atoms with Gasteiger partial charge in [-0.3, -0.25) is 9.59 Å². The lowest BCUT2D eigenvalue weighted by Gasteiger charge is -2.31. The summed E-state index contributed by atoms with van der Waals surface area (Å²) < 4.78 is 0. The smallest absolute Gasteiger partial charge is 0.222 e. The van der Waals surface area contributed by atoms with E-state index in [4.69, 9.17) is 0 Å². The van der Waals surface area contributed by atoms with Gasteiger partial charge in [0.1, 0.15) is 0 Å². The van der Waals surface area contributed by atoms with Crippen molar-refractivity contribution in [1.82, 2.24) is 10.2 Å². The number of fused-ring (bicyclic) bond motifs is 1. The van der Waals surface area contributed by atoms with Crippen LogP contribution in [0.1, 0.15) is 57.4 Å². The molecule has 154 valence electrons. The molecular weight excluding hydrogens is 360 g/mol. The zero-order valence-corrected chi connectivity index (χ0v) is 17.5. The molecule has 0 radical (unpaired) electrons. The summed E-state index contributed by atoms with van der Waals surface area (Å²) in [6.07, 6.45) is 6.90. The van der Waals surface area contributed by atoms with E-state index >= 15 is 0 Å². The minimum atomic E-state index is -0.299.